The zero-order chi connectivity index (χ0) is 17.6. The standard InChI is InChI=1S/C18H29N3O2/c1-6-20(4)17(22)14-8-7-9-15(12-14)18(23)21(5)11-10-16(19)13(2)3/h7-9,12-13,16H,6,10-11,19H2,1-5H3. The van der Waals surface area contributed by atoms with E-state index in [2.05, 4.69) is 13.8 Å². The summed E-state index contributed by atoms with van der Waals surface area (Å²) >= 11 is 0. The number of benzene rings is 1. The summed E-state index contributed by atoms with van der Waals surface area (Å²) in [5.74, 6) is 0.227. The highest BCUT2D eigenvalue weighted by Crippen LogP contribution is 2.11. The van der Waals surface area contributed by atoms with Crippen molar-refractivity contribution >= 4 is 11.8 Å². The SMILES string of the molecule is CCN(C)C(=O)c1cccc(C(=O)N(C)CCC(N)C(C)C)c1. The van der Waals surface area contributed by atoms with E-state index in [0.717, 1.165) is 6.42 Å². The van der Waals surface area contributed by atoms with Gasteiger partial charge in [-0.25, -0.2) is 0 Å². The van der Waals surface area contributed by atoms with Crippen molar-refractivity contribution in [3.8, 4) is 0 Å². The lowest BCUT2D eigenvalue weighted by molar-refractivity contribution is 0.0789. The Bertz CT molecular complexity index is 543. The second-order valence-electron chi connectivity index (χ2n) is 6.32. The number of carbonyl (C=O) groups excluding carboxylic acids is 2. The van der Waals surface area contributed by atoms with Crippen molar-refractivity contribution in [2.45, 2.75) is 33.2 Å². The monoisotopic (exact) mass is 319 g/mol. The van der Waals surface area contributed by atoms with Crippen molar-refractivity contribution in [3.05, 3.63) is 35.4 Å². The predicted molar refractivity (Wildman–Crippen MR) is 93.5 cm³/mol. The van der Waals surface area contributed by atoms with Crippen LogP contribution in [0.2, 0.25) is 0 Å². The van der Waals surface area contributed by atoms with Gasteiger partial charge < -0.3 is 15.5 Å². The van der Waals surface area contributed by atoms with Crippen molar-refractivity contribution in [3.63, 3.8) is 0 Å². The Morgan fingerprint density at radius 3 is 2.09 bits per heavy atom. The highest BCUT2D eigenvalue weighted by Gasteiger charge is 2.17. The second kappa shape index (κ2) is 8.67. The number of nitrogens with two attached hydrogens (primary N) is 1. The minimum atomic E-state index is -0.0882. The molecule has 0 aliphatic heterocycles. The molecule has 0 heterocycles. The molecule has 0 aromatic heterocycles. The van der Waals surface area contributed by atoms with Crippen LogP contribution in [-0.4, -0.2) is 54.8 Å². The number of hydrogen-bond acceptors (Lipinski definition) is 3. The Hall–Kier alpha value is -1.88. The third kappa shape index (κ3) is 5.36. The first-order valence-electron chi connectivity index (χ1n) is 8.14. The van der Waals surface area contributed by atoms with E-state index in [4.69, 9.17) is 5.73 Å². The maximum Gasteiger partial charge on any atom is 0.253 e. The summed E-state index contributed by atoms with van der Waals surface area (Å²) in [5, 5.41) is 0. The Morgan fingerprint density at radius 2 is 1.61 bits per heavy atom. The van der Waals surface area contributed by atoms with E-state index in [0.29, 0.717) is 30.1 Å². The number of amides is 2. The lowest BCUT2D eigenvalue weighted by Gasteiger charge is -2.22. The first-order chi connectivity index (χ1) is 10.8. The zero-order valence-electron chi connectivity index (χ0n) is 14.9. The van der Waals surface area contributed by atoms with Crippen molar-refractivity contribution in [1.82, 2.24) is 9.80 Å². The number of hydrogen-bond donors (Lipinski definition) is 1. The van der Waals surface area contributed by atoms with Gasteiger partial charge in [0.25, 0.3) is 11.8 Å². The van der Waals surface area contributed by atoms with Crippen LogP contribution in [0.15, 0.2) is 24.3 Å². The van der Waals surface area contributed by atoms with Crippen LogP contribution in [0.3, 0.4) is 0 Å². The minimum Gasteiger partial charge on any atom is -0.342 e. The van der Waals surface area contributed by atoms with Gasteiger partial charge in [-0.3, -0.25) is 9.59 Å². The lowest BCUT2D eigenvalue weighted by atomic mass is 10.0. The van der Waals surface area contributed by atoms with Gasteiger partial charge in [-0.05, 0) is 37.5 Å². The summed E-state index contributed by atoms with van der Waals surface area (Å²) in [6, 6.07) is 6.97. The molecular weight excluding hydrogens is 290 g/mol. The van der Waals surface area contributed by atoms with Crippen molar-refractivity contribution in [2.75, 3.05) is 27.2 Å². The molecule has 0 saturated heterocycles. The molecule has 0 aliphatic rings. The van der Waals surface area contributed by atoms with E-state index in [1.54, 1.807) is 48.2 Å². The van der Waals surface area contributed by atoms with Crippen LogP contribution in [-0.2, 0) is 0 Å². The average molecular weight is 319 g/mol. The van der Waals surface area contributed by atoms with Crippen LogP contribution in [0.5, 0.6) is 0 Å². The van der Waals surface area contributed by atoms with Crippen LogP contribution < -0.4 is 5.73 Å². The molecule has 1 atom stereocenters. The Balaban J connectivity index is 2.78. The Kier molecular flexibility index (Phi) is 7.23. The molecule has 0 spiro atoms. The molecule has 1 rings (SSSR count). The molecule has 0 fully saturated rings. The number of nitrogens with zero attached hydrogens (tertiary/aromatic N) is 2. The Morgan fingerprint density at radius 1 is 1.09 bits per heavy atom. The fraction of sp³-hybridized carbons (Fsp3) is 0.556. The fourth-order valence-electron chi connectivity index (χ4n) is 2.15. The molecule has 23 heavy (non-hydrogen) atoms. The molecule has 2 N–H and O–H groups in total. The molecule has 0 radical (unpaired) electrons. The summed E-state index contributed by atoms with van der Waals surface area (Å²) in [4.78, 5) is 28.0. The largest absolute Gasteiger partial charge is 0.342 e. The van der Waals surface area contributed by atoms with Gasteiger partial charge in [0.2, 0.25) is 0 Å². The molecule has 0 bridgehead atoms. The van der Waals surface area contributed by atoms with Crippen LogP contribution >= 0.6 is 0 Å². The molecule has 1 unspecified atom stereocenters. The van der Waals surface area contributed by atoms with Gasteiger partial charge in [-0.1, -0.05) is 19.9 Å². The Labute approximate surface area is 139 Å². The molecule has 5 nitrogen and oxygen atoms in total. The summed E-state index contributed by atoms with van der Waals surface area (Å²) in [6.45, 7) is 7.30. The minimum absolute atomic E-state index is 0.0772. The quantitative estimate of drug-likeness (QED) is 0.838. The number of carbonyl (C=O) groups is 2. The van der Waals surface area contributed by atoms with Gasteiger partial charge >= 0.3 is 0 Å². The van der Waals surface area contributed by atoms with Crippen LogP contribution in [0.25, 0.3) is 0 Å². The number of rotatable bonds is 7. The van der Waals surface area contributed by atoms with E-state index in [9.17, 15) is 9.59 Å². The predicted octanol–water partition coefficient (Wildman–Crippen LogP) is 2.22. The van der Waals surface area contributed by atoms with Crippen molar-refractivity contribution in [1.29, 1.82) is 0 Å². The van der Waals surface area contributed by atoms with E-state index < -0.39 is 0 Å². The highest BCUT2D eigenvalue weighted by molar-refractivity contribution is 5.99. The van der Waals surface area contributed by atoms with Gasteiger partial charge in [-0.2, -0.15) is 0 Å². The van der Waals surface area contributed by atoms with Gasteiger partial charge in [0.15, 0.2) is 0 Å². The van der Waals surface area contributed by atoms with Crippen LogP contribution in [0.4, 0.5) is 0 Å². The first kappa shape index (κ1) is 19.2. The molecule has 128 valence electrons. The van der Waals surface area contributed by atoms with E-state index in [1.807, 2.05) is 6.92 Å². The highest BCUT2D eigenvalue weighted by atomic mass is 16.2. The lowest BCUT2D eigenvalue weighted by Crippen LogP contribution is -2.34. The fourth-order valence-corrected chi connectivity index (χ4v) is 2.15. The van der Waals surface area contributed by atoms with E-state index in [1.165, 1.54) is 0 Å². The maximum absolute atomic E-state index is 12.5. The summed E-state index contributed by atoms with van der Waals surface area (Å²) in [5.41, 5.74) is 7.09. The molecule has 0 aliphatic carbocycles. The third-order valence-electron chi connectivity index (χ3n) is 4.18. The third-order valence-corrected chi connectivity index (χ3v) is 4.18. The maximum atomic E-state index is 12.5. The normalized spacial score (nSPS) is 12.1. The van der Waals surface area contributed by atoms with Crippen LogP contribution in [0, 0.1) is 5.92 Å². The second-order valence-corrected chi connectivity index (χ2v) is 6.32. The first-order valence-corrected chi connectivity index (χ1v) is 8.14. The van der Waals surface area contributed by atoms with Gasteiger partial charge in [0.05, 0.1) is 0 Å². The van der Waals surface area contributed by atoms with Crippen molar-refractivity contribution in [2.24, 2.45) is 11.7 Å². The van der Waals surface area contributed by atoms with E-state index >= 15 is 0 Å². The van der Waals surface area contributed by atoms with Crippen LogP contribution in [0.1, 0.15) is 47.9 Å². The summed E-state index contributed by atoms with van der Waals surface area (Å²) < 4.78 is 0. The van der Waals surface area contributed by atoms with Gasteiger partial charge in [0, 0.05) is 44.4 Å². The topological polar surface area (TPSA) is 66.6 Å². The smallest absolute Gasteiger partial charge is 0.253 e. The van der Waals surface area contributed by atoms with Gasteiger partial charge in [0.1, 0.15) is 0 Å². The summed E-state index contributed by atoms with van der Waals surface area (Å²) in [7, 11) is 3.51. The molecule has 0 saturated carbocycles. The average Bonchev–Trinajstić information content (AvgIpc) is 2.57. The molecule has 1 aromatic rings. The summed E-state index contributed by atoms with van der Waals surface area (Å²) in [6.07, 6.45) is 0.761. The molecular formula is C18H29N3O2. The molecule has 2 amide bonds. The van der Waals surface area contributed by atoms with Crippen molar-refractivity contribution < 1.29 is 9.59 Å². The zero-order valence-corrected chi connectivity index (χ0v) is 14.9. The molecule has 1 aromatic carbocycles. The van der Waals surface area contributed by atoms with Gasteiger partial charge in [-0.15, -0.1) is 0 Å². The van der Waals surface area contributed by atoms with E-state index in [-0.39, 0.29) is 17.9 Å². The molecule has 5 heteroatoms.